The third-order valence-corrected chi connectivity index (χ3v) is 5.94. The van der Waals surface area contributed by atoms with Crippen molar-refractivity contribution < 1.29 is 23.8 Å². The molecule has 1 atom stereocenters. The van der Waals surface area contributed by atoms with Crippen LogP contribution in [-0.4, -0.2) is 75.4 Å². The monoisotopic (exact) mass is 457 g/mol. The maximum absolute atomic E-state index is 13.6. The summed E-state index contributed by atoms with van der Waals surface area (Å²) < 4.78 is 16.0. The van der Waals surface area contributed by atoms with E-state index in [1.165, 1.54) is 0 Å². The fourth-order valence-corrected chi connectivity index (χ4v) is 4.09. The number of ether oxygens (including phenoxy) is 3. The molecule has 1 unspecified atom stereocenters. The Kier molecular flexibility index (Phi) is 8.52. The van der Waals surface area contributed by atoms with E-state index in [0.29, 0.717) is 42.2 Å². The molecular formula is C25H35N3O5. The van der Waals surface area contributed by atoms with Crippen molar-refractivity contribution in [2.45, 2.75) is 39.3 Å². The number of amides is 1. The van der Waals surface area contributed by atoms with E-state index in [1.807, 2.05) is 43.3 Å². The van der Waals surface area contributed by atoms with Crippen LogP contribution in [0, 0.1) is 13.8 Å². The molecule has 0 bridgehead atoms. The average Bonchev–Trinajstić information content (AvgIpc) is 3.40. The Bertz CT molecular complexity index is 946. The predicted octanol–water partition coefficient (Wildman–Crippen LogP) is 3.32. The summed E-state index contributed by atoms with van der Waals surface area (Å²) in [4.78, 5) is 33.2. The number of esters is 1. The van der Waals surface area contributed by atoms with Gasteiger partial charge in [0.15, 0.2) is 0 Å². The first-order chi connectivity index (χ1) is 15.8. The van der Waals surface area contributed by atoms with Gasteiger partial charge in [-0.25, -0.2) is 4.79 Å². The molecule has 1 fully saturated rings. The van der Waals surface area contributed by atoms with Crippen molar-refractivity contribution in [2.24, 2.45) is 0 Å². The highest BCUT2D eigenvalue weighted by atomic mass is 16.6. The number of nitrogens with zero attached hydrogens (tertiary/aromatic N) is 2. The van der Waals surface area contributed by atoms with E-state index < -0.39 is 5.97 Å². The van der Waals surface area contributed by atoms with Crippen LogP contribution in [0.3, 0.4) is 0 Å². The van der Waals surface area contributed by atoms with Gasteiger partial charge in [-0.2, -0.15) is 0 Å². The van der Waals surface area contributed by atoms with Gasteiger partial charge in [-0.3, -0.25) is 4.79 Å². The molecule has 8 nitrogen and oxygen atoms in total. The van der Waals surface area contributed by atoms with Gasteiger partial charge in [0.2, 0.25) is 0 Å². The number of rotatable bonds is 10. The lowest BCUT2D eigenvalue weighted by Crippen LogP contribution is -2.37. The number of aromatic nitrogens is 1. The highest BCUT2D eigenvalue weighted by molar-refractivity contribution is 6.00. The topological polar surface area (TPSA) is 84.1 Å². The van der Waals surface area contributed by atoms with Gasteiger partial charge in [0, 0.05) is 52.3 Å². The lowest BCUT2D eigenvalue weighted by molar-refractivity contribution is 0.0386. The van der Waals surface area contributed by atoms with Crippen molar-refractivity contribution in [1.82, 2.24) is 9.88 Å². The van der Waals surface area contributed by atoms with Crippen molar-refractivity contribution in [3.05, 3.63) is 52.3 Å². The first kappa shape index (κ1) is 24.8. The Morgan fingerprint density at radius 1 is 1.15 bits per heavy atom. The molecule has 1 amide bonds. The van der Waals surface area contributed by atoms with Gasteiger partial charge in [-0.05, 0) is 49.9 Å². The summed E-state index contributed by atoms with van der Waals surface area (Å²) in [5.41, 5.74) is 4.16. The molecule has 0 spiro atoms. The van der Waals surface area contributed by atoms with Crippen molar-refractivity contribution in [2.75, 3.05) is 52.5 Å². The molecule has 3 rings (SSSR count). The maximum Gasteiger partial charge on any atom is 0.340 e. The number of carbonyl (C=O) groups is 2. The van der Waals surface area contributed by atoms with E-state index in [4.69, 9.17) is 14.2 Å². The number of methoxy groups -OCH3 is 1. The molecule has 1 aromatic carbocycles. The molecule has 8 heteroatoms. The minimum atomic E-state index is -0.456. The number of anilines is 1. The quantitative estimate of drug-likeness (QED) is 0.435. The van der Waals surface area contributed by atoms with Crippen LogP contribution in [-0.2, 0) is 20.8 Å². The third kappa shape index (κ3) is 6.15. The second kappa shape index (κ2) is 11.3. The molecular weight excluding hydrogens is 422 g/mol. The van der Waals surface area contributed by atoms with Gasteiger partial charge in [0.05, 0.1) is 18.3 Å². The summed E-state index contributed by atoms with van der Waals surface area (Å²) in [5, 5.41) is 0. The van der Waals surface area contributed by atoms with E-state index in [9.17, 15) is 9.59 Å². The average molecular weight is 458 g/mol. The minimum absolute atomic E-state index is 0.0184. The Hall–Kier alpha value is -2.84. The summed E-state index contributed by atoms with van der Waals surface area (Å²) >= 11 is 0. The van der Waals surface area contributed by atoms with Crippen LogP contribution in [0.4, 0.5) is 5.69 Å². The highest BCUT2D eigenvalue weighted by Gasteiger charge is 2.28. The summed E-state index contributed by atoms with van der Waals surface area (Å²) in [6.45, 7) is 5.72. The van der Waals surface area contributed by atoms with Crippen molar-refractivity contribution >= 4 is 17.6 Å². The van der Waals surface area contributed by atoms with Crippen LogP contribution in [0.5, 0.6) is 0 Å². The molecule has 0 aliphatic carbocycles. The van der Waals surface area contributed by atoms with Gasteiger partial charge in [0.1, 0.15) is 12.3 Å². The molecule has 1 saturated heterocycles. The standard InChI is InChI=1S/C25H35N3O5/c1-17-22(25(30)33-14-13-31-5)18(2)26-23(17)24(29)28(16-21-7-6-12-32-21)15-19-8-10-20(11-9-19)27(3)4/h8-11,21,26H,6-7,12-16H2,1-5H3. The SMILES string of the molecule is COCCOC(=O)c1c(C)[nH]c(C(=O)N(Cc2ccc(N(C)C)cc2)CC2CCCO2)c1C. The highest BCUT2D eigenvalue weighted by Crippen LogP contribution is 2.23. The zero-order valence-electron chi connectivity index (χ0n) is 20.3. The number of carbonyl (C=O) groups excluding carboxylic acids is 2. The largest absolute Gasteiger partial charge is 0.460 e. The van der Waals surface area contributed by atoms with Crippen molar-refractivity contribution in [3.8, 4) is 0 Å². The fraction of sp³-hybridized carbons (Fsp3) is 0.520. The Labute approximate surface area is 195 Å². The minimum Gasteiger partial charge on any atom is -0.460 e. The van der Waals surface area contributed by atoms with Crippen LogP contribution in [0.15, 0.2) is 24.3 Å². The summed E-state index contributed by atoms with van der Waals surface area (Å²) in [6, 6.07) is 8.16. The van der Waals surface area contributed by atoms with Gasteiger partial charge < -0.3 is 29.0 Å². The molecule has 2 heterocycles. The molecule has 1 N–H and O–H groups in total. The number of H-pyrrole nitrogens is 1. The van der Waals surface area contributed by atoms with Crippen LogP contribution in [0.2, 0.25) is 0 Å². The molecule has 1 aliphatic rings. The van der Waals surface area contributed by atoms with E-state index in [0.717, 1.165) is 30.7 Å². The van der Waals surface area contributed by atoms with Crippen LogP contribution < -0.4 is 4.90 Å². The molecule has 180 valence electrons. The molecule has 0 saturated carbocycles. The Morgan fingerprint density at radius 2 is 1.88 bits per heavy atom. The zero-order valence-corrected chi connectivity index (χ0v) is 20.3. The second-order valence-electron chi connectivity index (χ2n) is 8.64. The predicted molar refractivity (Wildman–Crippen MR) is 127 cm³/mol. The second-order valence-corrected chi connectivity index (χ2v) is 8.64. The number of aromatic amines is 1. The number of hydrogen-bond acceptors (Lipinski definition) is 6. The molecule has 1 aromatic heterocycles. The Morgan fingerprint density at radius 3 is 2.48 bits per heavy atom. The summed E-state index contributed by atoms with van der Waals surface area (Å²) in [7, 11) is 5.54. The third-order valence-electron chi connectivity index (χ3n) is 5.94. The van der Waals surface area contributed by atoms with Crippen LogP contribution in [0.1, 0.15) is 50.5 Å². The summed E-state index contributed by atoms with van der Waals surface area (Å²) in [6.07, 6.45) is 1.95. The van der Waals surface area contributed by atoms with E-state index in [1.54, 1.807) is 25.9 Å². The Balaban J connectivity index is 1.83. The molecule has 0 radical (unpaired) electrons. The lowest BCUT2D eigenvalue weighted by atomic mass is 10.1. The first-order valence-corrected chi connectivity index (χ1v) is 11.3. The van der Waals surface area contributed by atoms with Gasteiger partial charge >= 0.3 is 5.97 Å². The summed E-state index contributed by atoms with van der Waals surface area (Å²) in [5.74, 6) is -0.610. The molecule has 1 aliphatic heterocycles. The van der Waals surface area contributed by atoms with Crippen molar-refractivity contribution in [1.29, 1.82) is 0 Å². The number of aryl methyl sites for hydroxylation is 1. The lowest BCUT2D eigenvalue weighted by Gasteiger charge is -2.26. The van der Waals surface area contributed by atoms with E-state index >= 15 is 0 Å². The van der Waals surface area contributed by atoms with Gasteiger partial charge in [-0.15, -0.1) is 0 Å². The molecule has 2 aromatic rings. The number of nitrogens with one attached hydrogen (secondary N) is 1. The van der Waals surface area contributed by atoms with E-state index in [2.05, 4.69) is 4.98 Å². The fourth-order valence-electron chi connectivity index (χ4n) is 4.09. The zero-order chi connectivity index (χ0) is 24.0. The molecule has 33 heavy (non-hydrogen) atoms. The van der Waals surface area contributed by atoms with Crippen molar-refractivity contribution in [3.63, 3.8) is 0 Å². The van der Waals surface area contributed by atoms with Crippen LogP contribution in [0.25, 0.3) is 0 Å². The number of benzene rings is 1. The smallest absolute Gasteiger partial charge is 0.340 e. The first-order valence-electron chi connectivity index (χ1n) is 11.3. The normalized spacial score (nSPS) is 15.5. The van der Waals surface area contributed by atoms with E-state index in [-0.39, 0.29) is 18.6 Å². The van der Waals surface area contributed by atoms with Gasteiger partial charge in [-0.1, -0.05) is 12.1 Å². The maximum atomic E-state index is 13.6. The van der Waals surface area contributed by atoms with Gasteiger partial charge in [0.25, 0.3) is 5.91 Å². The number of hydrogen-bond donors (Lipinski definition) is 1. The van der Waals surface area contributed by atoms with Crippen LogP contribution >= 0.6 is 0 Å².